The molecule has 4 aromatic heterocycles. The molecule has 0 N–H and O–H groups in total. The van der Waals surface area contributed by atoms with Crippen molar-refractivity contribution in [2.75, 3.05) is 9.80 Å². The molecule has 14 aromatic rings. The van der Waals surface area contributed by atoms with Crippen LogP contribution < -0.4 is 9.80 Å². The van der Waals surface area contributed by atoms with Gasteiger partial charge in [0.2, 0.25) is 0 Å². The van der Waals surface area contributed by atoms with E-state index in [1.54, 1.807) is 46.9 Å². The molecule has 14 rings (SSSR count). The molecule has 10 aromatic carbocycles. The molecule has 0 saturated carbocycles. The quantitative estimate of drug-likeness (QED) is 0.159. The number of anilines is 6. The number of fused-ring (bicyclic) bond motifs is 14. The number of halogens is 2. The lowest BCUT2D eigenvalue weighted by Crippen LogP contribution is -2.10. The van der Waals surface area contributed by atoms with Crippen LogP contribution in [0.25, 0.3) is 95.3 Å². The van der Waals surface area contributed by atoms with Crippen LogP contribution in [-0.2, 0) is 0 Å². The van der Waals surface area contributed by atoms with Crippen LogP contribution in [0, 0.1) is 11.6 Å². The smallest absolute Gasteiger partial charge is 0.144 e. The van der Waals surface area contributed by atoms with Crippen molar-refractivity contribution < 1.29 is 17.6 Å². The standard InChI is InChI=1S/C60H34F2N2O2S2/c61-37-15-25-51-47(31-37)45-23-29-55-57(59(45)65-51)49-33-43(21-27-53(49)67-55)63(39-7-3-1-4-8-39)41-17-11-35(12-18-41)36-13-19-42(20-14-36)64(40-9-5-2-6-10-40)44-22-28-54-50(34-44)58-56(68-54)30-24-46-48-32-38(62)16-26-52(48)66-60(46)58/h1-34H. The number of furan rings is 2. The molecule has 0 spiro atoms. The fourth-order valence-electron chi connectivity index (χ4n) is 10.0. The molecule has 0 atom stereocenters. The van der Waals surface area contributed by atoms with Gasteiger partial charge in [0.15, 0.2) is 0 Å². The maximum atomic E-state index is 14.4. The number of nitrogens with zero attached hydrogens (tertiary/aromatic N) is 2. The van der Waals surface area contributed by atoms with E-state index in [2.05, 4.69) is 155 Å². The number of benzene rings is 10. The zero-order valence-corrected chi connectivity index (χ0v) is 37.5. The van der Waals surface area contributed by atoms with Gasteiger partial charge >= 0.3 is 0 Å². The number of thiophene rings is 2. The molecule has 0 amide bonds. The van der Waals surface area contributed by atoms with Crippen molar-refractivity contribution in [2.45, 2.75) is 0 Å². The van der Waals surface area contributed by atoms with Crippen molar-refractivity contribution in [2.24, 2.45) is 0 Å². The van der Waals surface area contributed by atoms with E-state index in [9.17, 15) is 8.78 Å². The normalized spacial score (nSPS) is 12.0. The third kappa shape index (κ3) is 6.15. The van der Waals surface area contributed by atoms with Gasteiger partial charge in [-0.3, -0.25) is 0 Å². The molecule has 4 heterocycles. The minimum absolute atomic E-state index is 0.278. The zero-order chi connectivity index (χ0) is 45.0. The summed E-state index contributed by atoms with van der Waals surface area (Å²) in [7, 11) is 0. The van der Waals surface area contributed by atoms with Crippen LogP contribution in [0.4, 0.5) is 42.9 Å². The number of rotatable bonds is 7. The molecule has 0 aliphatic carbocycles. The van der Waals surface area contributed by atoms with E-state index in [1.165, 1.54) is 12.1 Å². The zero-order valence-electron chi connectivity index (χ0n) is 35.9. The Morgan fingerprint density at radius 2 is 0.691 bits per heavy atom. The highest BCUT2D eigenvalue weighted by Crippen LogP contribution is 2.47. The maximum absolute atomic E-state index is 14.4. The summed E-state index contributed by atoms with van der Waals surface area (Å²) in [6.45, 7) is 0. The summed E-state index contributed by atoms with van der Waals surface area (Å²) in [6, 6.07) is 69.4. The molecule has 322 valence electrons. The minimum atomic E-state index is -0.278. The van der Waals surface area contributed by atoms with Crippen LogP contribution in [0.5, 0.6) is 0 Å². The third-order valence-electron chi connectivity index (χ3n) is 13.2. The number of para-hydroxylation sites is 2. The molecule has 0 radical (unpaired) electrons. The van der Waals surface area contributed by atoms with Gasteiger partial charge in [0.1, 0.15) is 34.0 Å². The first-order valence-electron chi connectivity index (χ1n) is 22.3. The lowest BCUT2D eigenvalue weighted by Gasteiger charge is -2.26. The van der Waals surface area contributed by atoms with Crippen LogP contribution in [0.1, 0.15) is 0 Å². The second-order valence-corrected chi connectivity index (χ2v) is 19.3. The number of hydrogen-bond acceptors (Lipinski definition) is 6. The third-order valence-corrected chi connectivity index (χ3v) is 15.4. The van der Waals surface area contributed by atoms with E-state index in [4.69, 9.17) is 8.83 Å². The predicted octanol–water partition coefficient (Wildman–Crippen LogP) is 19.1. The second kappa shape index (κ2) is 15.1. The summed E-state index contributed by atoms with van der Waals surface area (Å²) >= 11 is 3.47. The average molecular weight is 917 g/mol. The van der Waals surface area contributed by atoms with Crippen LogP contribution in [0.2, 0.25) is 0 Å². The highest BCUT2D eigenvalue weighted by molar-refractivity contribution is 7.26. The van der Waals surface area contributed by atoms with Crippen molar-refractivity contribution in [3.63, 3.8) is 0 Å². The molecule has 0 bridgehead atoms. The van der Waals surface area contributed by atoms with E-state index in [0.29, 0.717) is 11.2 Å². The van der Waals surface area contributed by atoms with Gasteiger partial charge in [0.25, 0.3) is 0 Å². The van der Waals surface area contributed by atoms with Crippen molar-refractivity contribution in [3.8, 4) is 11.1 Å². The average Bonchev–Trinajstić information content (AvgIpc) is 4.15. The van der Waals surface area contributed by atoms with Crippen molar-refractivity contribution in [1.82, 2.24) is 0 Å². The molecule has 8 heteroatoms. The Hall–Kier alpha value is -8.30. The van der Waals surface area contributed by atoms with Crippen LogP contribution >= 0.6 is 22.7 Å². The van der Waals surface area contributed by atoms with Gasteiger partial charge in [0.05, 0.1) is 0 Å². The van der Waals surface area contributed by atoms with E-state index in [0.717, 1.165) is 118 Å². The van der Waals surface area contributed by atoms with Gasteiger partial charge in [-0.1, -0.05) is 60.7 Å². The Bertz CT molecular complexity index is 4010. The Labute approximate surface area is 395 Å². The predicted molar refractivity (Wildman–Crippen MR) is 281 cm³/mol. The highest BCUT2D eigenvalue weighted by atomic mass is 32.1. The first-order valence-corrected chi connectivity index (χ1v) is 24.0. The molecule has 68 heavy (non-hydrogen) atoms. The number of hydrogen-bond donors (Lipinski definition) is 0. The summed E-state index contributed by atoms with van der Waals surface area (Å²) in [5.41, 5.74) is 11.3. The van der Waals surface area contributed by atoms with E-state index < -0.39 is 0 Å². The molecule has 0 fully saturated rings. The van der Waals surface area contributed by atoms with Crippen molar-refractivity contribution >= 4 is 141 Å². The lowest BCUT2D eigenvalue weighted by molar-refractivity contribution is 0.626. The lowest BCUT2D eigenvalue weighted by atomic mass is 10.0. The summed E-state index contributed by atoms with van der Waals surface area (Å²) in [5.74, 6) is -0.557. The van der Waals surface area contributed by atoms with Crippen molar-refractivity contribution in [1.29, 1.82) is 0 Å². The highest BCUT2D eigenvalue weighted by Gasteiger charge is 2.21. The van der Waals surface area contributed by atoms with Crippen molar-refractivity contribution in [3.05, 3.63) is 218 Å². The molecular weight excluding hydrogens is 883 g/mol. The first-order chi connectivity index (χ1) is 33.5. The SMILES string of the molecule is Fc1ccc2oc3c(ccc4sc5ccc(N(c6ccccc6)c6ccc(-c7ccc(N(c8ccccc8)c8ccc9sc%10ccc%11c%12cc(F)ccc%12oc%11c%10c9c8)cc7)cc6)cc5c43)c2c1. The topological polar surface area (TPSA) is 32.8 Å². The Balaban J connectivity index is 0.829. The largest absolute Gasteiger partial charge is 0.455 e. The van der Waals surface area contributed by atoms with Crippen LogP contribution in [0.15, 0.2) is 215 Å². The fourth-order valence-corrected chi connectivity index (χ4v) is 12.2. The molecule has 4 nitrogen and oxygen atoms in total. The van der Waals surface area contributed by atoms with Gasteiger partial charge in [0, 0.05) is 96.0 Å². The van der Waals surface area contributed by atoms with Crippen LogP contribution in [0.3, 0.4) is 0 Å². The summed E-state index contributed by atoms with van der Waals surface area (Å²) < 4.78 is 46.2. The summed E-state index contributed by atoms with van der Waals surface area (Å²) in [5, 5.41) is 7.66. The van der Waals surface area contributed by atoms with Gasteiger partial charge < -0.3 is 18.6 Å². The minimum Gasteiger partial charge on any atom is -0.455 e. The molecule has 0 aliphatic rings. The Kier molecular flexibility index (Phi) is 8.65. The summed E-state index contributed by atoms with van der Waals surface area (Å²) in [6.07, 6.45) is 0. The van der Waals surface area contributed by atoms with Gasteiger partial charge in [-0.15, -0.1) is 22.7 Å². The molecule has 0 unspecified atom stereocenters. The van der Waals surface area contributed by atoms with Gasteiger partial charge in [-0.2, -0.15) is 0 Å². The molecule has 0 aliphatic heterocycles. The fraction of sp³-hybridized carbons (Fsp3) is 0. The van der Waals surface area contributed by atoms with Gasteiger partial charge in [-0.25, -0.2) is 8.78 Å². The molecular formula is C60H34F2N2O2S2. The van der Waals surface area contributed by atoms with E-state index >= 15 is 0 Å². The van der Waals surface area contributed by atoms with E-state index in [1.807, 2.05) is 24.3 Å². The van der Waals surface area contributed by atoms with E-state index in [-0.39, 0.29) is 11.6 Å². The Morgan fingerprint density at radius 1 is 0.309 bits per heavy atom. The van der Waals surface area contributed by atoms with Gasteiger partial charge in [-0.05, 0) is 157 Å². The maximum Gasteiger partial charge on any atom is 0.144 e. The van der Waals surface area contributed by atoms with Crippen LogP contribution in [-0.4, -0.2) is 0 Å². The summed E-state index contributed by atoms with van der Waals surface area (Å²) in [4.78, 5) is 4.57. The monoisotopic (exact) mass is 916 g/mol. The Morgan fingerprint density at radius 3 is 1.12 bits per heavy atom. The first kappa shape index (κ1) is 38.9. The second-order valence-electron chi connectivity index (χ2n) is 17.1. The molecule has 0 saturated heterocycles.